The number of carbonyl (C=O) groups excluding carboxylic acids is 2. The van der Waals surface area contributed by atoms with Gasteiger partial charge in [0.05, 0.1) is 12.2 Å². The van der Waals surface area contributed by atoms with Gasteiger partial charge in [0.15, 0.2) is 6.61 Å². The molecule has 0 spiro atoms. The molecule has 2 aromatic carbocycles. The van der Waals surface area contributed by atoms with E-state index < -0.39 is 5.97 Å². The highest BCUT2D eigenvalue weighted by molar-refractivity contribution is 5.95. The number of nitrogens with one attached hydrogen (secondary N) is 1. The van der Waals surface area contributed by atoms with Crippen LogP contribution in [0.3, 0.4) is 0 Å². The maximum Gasteiger partial charge on any atom is 0.338 e. The van der Waals surface area contributed by atoms with Crippen LogP contribution < -0.4 is 10.1 Å². The highest BCUT2D eigenvalue weighted by atomic mass is 16.5. The van der Waals surface area contributed by atoms with Gasteiger partial charge in [0.25, 0.3) is 5.91 Å². The van der Waals surface area contributed by atoms with Crippen LogP contribution in [0, 0.1) is 0 Å². The fourth-order valence-corrected chi connectivity index (χ4v) is 2.43. The standard InChI is InChI=1S/C22H25NO4/c1-3-5-14-26-22(25)18-11-8-12-19(15-18)23-21(24)16-27-20-13-7-6-10-17(20)9-4-2/h4,6-8,10-13,15H,2-3,5,9,14,16H2,1H3,(H,23,24). The minimum Gasteiger partial charge on any atom is -0.483 e. The van der Waals surface area contributed by atoms with Crippen molar-refractivity contribution in [2.45, 2.75) is 26.2 Å². The molecular formula is C22H25NO4. The Hall–Kier alpha value is -3.08. The lowest BCUT2D eigenvalue weighted by Crippen LogP contribution is -2.20. The molecule has 0 heterocycles. The number of esters is 1. The summed E-state index contributed by atoms with van der Waals surface area (Å²) in [4.78, 5) is 24.2. The molecule has 0 fully saturated rings. The number of ether oxygens (including phenoxy) is 2. The third kappa shape index (κ3) is 6.62. The van der Waals surface area contributed by atoms with Gasteiger partial charge in [0.2, 0.25) is 0 Å². The van der Waals surface area contributed by atoms with Crippen molar-refractivity contribution in [2.24, 2.45) is 0 Å². The van der Waals surface area contributed by atoms with Crippen LogP contribution in [0.25, 0.3) is 0 Å². The first-order valence-electron chi connectivity index (χ1n) is 9.02. The maximum absolute atomic E-state index is 12.2. The predicted molar refractivity (Wildman–Crippen MR) is 106 cm³/mol. The van der Waals surface area contributed by atoms with E-state index in [1.165, 1.54) is 0 Å². The van der Waals surface area contributed by atoms with Gasteiger partial charge >= 0.3 is 5.97 Å². The van der Waals surface area contributed by atoms with Crippen LogP contribution in [0.15, 0.2) is 61.2 Å². The molecule has 0 saturated carbocycles. The molecule has 5 nitrogen and oxygen atoms in total. The van der Waals surface area contributed by atoms with Gasteiger partial charge in [-0.1, -0.05) is 43.7 Å². The first-order valence-corrected chi connectivity index (χ1v) is 9.02. The largest absolute Gasteiger partial charge is 0.483 e. The van der Waals surface area contributed by atoms with E-state index in [4.69, 9.17) is 9.47 Å². The average Bonchev–Trinajstić information content (AvgIpc) is 2.68. The Morgan fingerprint density at radius 2 is 1.96 bits per heavy atom. The zero-order chi connectivity index (χ0) is 19.5. The van der Waals surface area contributed by atoms with E-state index >= 15 is 0 Å². The van der Waals surface area contributed by atoms with Gasteiger partial charge in [-0.3, -0.25) is 4.79 Å². The highest BCUT2D eigenvalue weighted by Crippen LogP contribution is 2.19. The molecule has 0 atom stereocenters. The highest BCUT2D eigenvalue weighted by Gasteiger charge is 2.10. The normalized spacial score (nSPS) is 10.1. The van der Waals surface area contributed by atoms with Gasteiger partial charge in [-0.25, -0.2) is 4.79 Å². The first-order chi connectivity index (χ1) is 13.1. The molecular weight excluding hydrogens is 342 g/mol. The second-order valence-corrected chi connectivity index (χ2v) is 6.01. The Bertz CT molecular complexity index is 785. The van der Waals surface area contributed by atoms with Crippen LogP contribution in [0.5, 0.6) is 5.75 Å². The summed E-state index contributed by atoms with van der Waals surface area (Å²) in [7, 11) is 0. The number of rotatable bonds is 10. The number of hydrogen-bond donors (Lipinski definition) is 1. The molecule has 1 amide bonds. The zero-order valence-corrected chi connectivity index (χ0v) is 15.6. The molecule has 0 unspecified atom stereocenters. The Kier molecular flexibility index (Phi) is 8.10. The molecule has 0 aromatic heterocycles. The van der Waals surface area contributed by atoms with E-state index in [-0.39, 0.29) is 12.5 Å². The lowest BCUT2D eigenvalue weighted by Gasteiger charge is -2.11. The van der Waals surface area contributed by atoms with E-state index in [1.54, 1.807) is 30.3 Å². The summed E-state index contributed by atoms with van der Waals surface area (Å²) in [5, 5.41) is 2.73. The molecule has 0 aliphatic carbocycles. The number of anilines is 1. The average molecular weight is 367 g/mol. The molecule has 142 valence electrons. The molecule has 5 heteroatoms. The van der Waals surface area contributed by atoms with E-state index in [9.17, 15) is 9.59 Å². The van der Waals surface area contributed by atoms with Gasteiger partial charge < -0.3 is 14.8 Å². The Labute approximate surface area is 160 Å². The summed E-state index contributed by atoms with van der Waals surface area (Å²) < 4.78 is 10.8. The maximum atomic E-state index is 12.2. The first kappa shape index (κ1) is 20.2. The molecule has 1 N–H and O–H groups in total. The van der Waals surface area contributed by atoms with Crippen LogP contribution in [0.2, 0.25) is 0 Å². The molecule has 27 heavy (non-hydrogen) atoms. The van der Waals surface area contributed by atoms with Gasteiger partial charge in [-0.05, 0) is 42.7 Å². The van der Waals surface area contributed by atoms with Crippen molar-refractivity contribution in [3.63, 3.8) is 0 Å². The zero-order valence-electron chi connectivity index (χ0n) is 15.6. The smallest absolute Gasteiger partial charge is 0.338 e. The quantitative estimate of drug-likeness (QED) is 0.384. The van der Waals surface area contributed by atoms with Crippen molar-refractivity contribution in [1.29, 1.82) is 0 Å². The third-order valence-electron chi connectivity index (χ3n) is 3.81. The number of benzene rings is 2. The molecule has 0 radical (unpaired) electrons. The number of allylic oxidation sites excluding steroid dienone is 1. The summed E-state index contributed by atoms with van der Waals surface area (Å²) in [6, 6.07) is 14.2. The molecule has 2 rings (SSSR count). The van der Waals surface area contributed by atoms with E-state index in [0.29, 0.717) is 30.0 Å². The van der Waals surface area contributed by atoms with E-state index in [2.05, 4.69) is 11.9 Å². The van der Waals surface area contributed by atoms with Gasteiger partial charge in [0, 0.05) is 5.69 Å². The lowest BCUT2D eigenvalue weighted by atomic mass is 10.1. The molecule has 0 aliphatic rings. The van der Waals surface area contributed by atoms with Crippen molar-refractivity contribution >= 4 is 17.6 Å². The molecule has 0 bridgehead atoms. The third-order valence-corrected chi connectivity index (χ3v) is 3.81. The van der Waals surface area contributed by atoms with Gasteiger partial charge in [-0.15, -0.1) is 6.58 Å². The minimum absolute atomic E-state index is 0.126. The predicted octanol–water partition coefficient (Wildman–Crippen LogP) is 4.39. The second kappa shape index (κ2) is 10.8. The van der Waals surface area contributed by atoms with Crippen molar-refractivity contribution in [3.8, 4) is 5.75 Å². The van der Waals surface area contributed by atoms with Crippen LogP contribution >= 0.6 is 0 Å². The summed E-state index contributed by atoms with van der Waals surface area (Å²) in [5.74, 6) is -0.0464. The summed E-state index contributed by atoms with van der Waals surface area (Å²) in [5.41, 5.74) is 1.89. The number of unbranched alkanes of at least 4 members (excludes halogenated alkanes) is 1. The fraction of sp³-hybridized carbons (Fsp3) is 0.273. The number of hydrogen-bond acceptors (Lipinski definition) is 4. The topological polar surface area (TPSA) is 64.6 Å². The van der Waals surface area contributed by atoms with Crippen LogP contribution in [-0.4, -0.2) is 25.1 Å². The molecule has 0 aliphatic heterocycles. The van der Waals surface area contributed by atoms with Crippen molar-refractivity contribution < 1.29 is 19.1 Å². The van der Waals surface area contributed by atoms with Crippen LogP contribution in [-0.2, 0) is 16.0 Å². The van der Waals surface area contributed by atoms with Crippen molar-refractivity contribution in [1.82, 2.24) is 0 Å². The Balaban J connectivity index is 1.91. The Morgan fingerprint density at radius 3 is 2.74 bits per heavy atom. The van der Waals surface area contributed by atoms with Crippen LogP contribution in [0.1, 0.15) is 35.7 Å². The molecule has 2 aromatic rings. The number of para-hydroxylation sites is 1. The monoisotopic (exact) mass is 367 g/mol. The number of amides is 1. The van der Waals surface area contributed by atoms with Gasteiger partial charge in [0.1, 0.15) is 5.75 Å². The SMILES string of the molecule is C=CCc1ccccc1OCC(=O)Nc1cccc(C(=O)OCCCC)c1. The summed E-state index contributed by atoms with van der Waals surface area (Å²) in [6.45, 7) is 6.02. The van der Waals surface area contributed by atoms with E-state index in [0.717, 1.165) is 18.4 Å². The van der Waals surface area contributed by atoms with Crippen molar-refractivity contribution in [2.75, 3.05) is 18.5 Å². The summed E-state index contributed by atoms with van der Waals surface area (Å²) in [6.07, 6.45) is 4.24. The van der Waals surface area contributed by atoms with Crippen molar-refractivity contribution in [3.05, 3.63) is 72.3 Å². The van der Waals surface area contributed by atoms with Gasteiger partial charge in [-0.2, -0.15) is 0 Å². The minimum atomic E-state index is -0.394. The second-order valence-electron chi connectivity index (χ2n) is 6.01. The number of carbonyl (C=O) groups is 2. The lowest BCUT2D eigenvalue weighted by molar-refractivity contribution is -0.118. The van der Waals surface area contributed by atoms with Crippen LogP contribution in [0.4, 0.5) is 5.69 Å². The van der Waals surface area contributed by atoms with E-state index in [1.807, 2.05) is 31.2 Å². The fourth-order valence-electron chi connectivity index (χ4n) is 2.43. The Morgan fingerprint density at radius 1 is 1.15 bits per heavy atom. The summed E-state index contributed by atoms with van der Waals surface area (Å²) >= 11 is 0. The molecule has 0 saturated heterocycles.